The fourth-order valence-electron chi connectivity index (χ4n) is 2.47. The van der Waals surface area contributed by atoms with Crippen molar-refractivity contribution < 1.29 is 14.4 Å². The maximum absolute atomic E-state index is 12.1. The minimum Gasteiger partial charge on any atom is -0.497 e. The molecule has 0 saturated carbocycles. The summed E-state index contributed by atoms with van der Waals surface area (Å²) in [6.07, 6.45) is 0.377. The van der Waals surface area contributed by atoms with Crippen molar-refractivity contribution >= 4 is 11.6 Å². The second-order valence-electron chi connectivity index (χ2n) is 5.74. The molecule has 0 aliphatic carbocycles. The molecular weight excluding hydrogens is 302 g/mol. The topological polar surface area (TPSA) is 66.6 Å². The number of hydrogen-bond donors (Lipinski definition) is 2. The van der Waals surface area contributed by atoms with Crippen molar-refractivity contribution in [2.45, 2.75) is 13.0 Å². The molecule has 0 fully saturated rings. The summed E-state index contributed by atoms with van der Waals surface area (Å²) in [6.45, 7) is 1.11. The molecule has 124 valence electrons. The lowest BCUT2D eigenvalue weighted by molar-refractivity contribution is -0.885. The molecule has 0 heterocycles. The van der Waals surface area contributed by atoms with Gasteiger partial charge in [0.25, 0.3) is 5.91 Å². The van der Waals surface area contributed by atoms with Gasteiger partial charge in [0.05, 0.1) is 26.6 Å². The molecular formula is C19H22N3O2+. The zero-order valence-corrected chi connectivity index (χ0v) is 14.0. The maximum atomic E-state index is 12.1. The van der Waals surface area contributed by atoms with Gasteiger partial charge >= 0.3 is 0 Å². The van der Waals surface area contributed by atoms with Crippen LogP contribution >= 0.6 is 0 Å². The first-order valence-electron chi connectivity index (χ1n) is 7.80. The lowest BCUT2D eigenvalue weighted by Crippen LogP contribution is -3.08. The third-order valence-corrected chi connectivity index (χ3v) is 3.62. The van der Waals surface area contributed by atoms with E-state index in [-0.39, 0.29) is 5.91 Å². The summed E-state index contributed by atoms with van der Waals surface area (Å²) in [5.41, 5.74) is 2.81. The van der Waals surface area contributed by atoms with Crippen molar-refractivity contribution in [1.82, 2.24) is 0 Å². The van der Waals surface area contributed by atoms with E-state index in [1.807, 2.05) is 55.6 Å². The van der Waals surface area contributed by atoms with Gasteiger partial charge in [-0.3, -0.25) is 4.79 Å². The Hall–Kier alpha value is -2.84. The Morgan fingerprint density at radius 1 is 1.21 bits per heavy atom. The Morgan fingerprint density at radius 2 is 1.96 bits per heavy atom. The predicted molar refractivity (Wildman–Crippen MR) is 92.8 cm³/mol. The van der Waals surface area contributed by atoms with E-state index in [1.54, 1.807) is 7.11 Å². The highest BCUT2D eigenvalue weighted by molar-refractivity contribution is 5.91. The van der Waals surface area contributed by atoms with Gasteiger partial charge in [-0.15, -0.1) is 0 Å². The Kier molecular flexibility index (Phi) is 6.35. The first-order valence-corrected chi connectivity index (χ1v) is 7.80. The van der Waals surface area contributed by atoms with Gasteiger partial charge in [-0.25, -0.2) is 0 Å². The van der Waals surface area contributed by atoms with E-state index in [9.17, 15) is 4.79 Å². The molecule has 0 radical (unpaired) electrons. The van der Waals surface area contributed by atoms with E-state index in [4.69, 9.17) is 10.00 Å². The molecule has 0 aliphatic heterocycles. The van der Waals surface area contributed by atoms with Crippen LogP contribution in [-0.4, -0.2) is 26.6 Å². The fraction of sp³-hybridized carbons (Fsp3) is 0.263. The summed E-state index contributed by atoms with van der Waals surface area (Å²) in [5.74, 6) is 0.783. The smallest absolute Gasteiger partial charge is 0.279 e. The van der Waals surface area contributed by atoms with Gasteiger partial charge in [-0.1, -0.05) is 24.3 Å². The van der Waals surface area contributed by atoms with Crippen molar-refractivity contribution in [2.75, 3.05) is 26.0 Å². The Labute approximate surface area is 142 Å². The highest BCUT2D eigenvalue weighted by Gasteiger charge is 2.11. The molecule has 2 rings (SSSR count). The van der Waals surface area contributed by atoms with Crippen LogP contribution in [0.3, 0.4) is 0 Å². The third kappa shape index (κ3) is 5.41. The molecule has 2 N–H and O–H groups in total. The first-order chi connectivity index (χ1) is 11.6. The van der Waals surface area contributed by atoms with Crippen molar-refractivity contribution in [3.63, 3.8) is 0 Å². The number of hydrogen-bond acceptors (Lipinski definition) is 3. The lowest BCUT2D eigenvalue weighted by Gasteiger charge is -2.14. The molecule has 1 amide bonds. The van der Waals surface area contributed by atoms with Crippen LogP contribution in [0.2, 0.25) is 0 Å². The summed E-state index contributed by atoms with van der Waals surface area (Å²) in [7, 11) is 3.63. The van der Waals surface area contributed by atoms with Gasteiger partial charge in [0.1, 0.15) is 12.3 Å². The Balaban J connectivity index is 1.85. The molecule has 24 heavy (non-hydrogen) atoms. The highest BCUT2D eigenvalue weighted by Crippen LogP contribution is 2.11. The van der Waals surface area contributed by atoms with Gasteiger partial charge < -0.3 is 15.0 Å². The summed E-state index contributed by atoms with van der Waals surface area (Å²) in [6, 6.07) is 17.3. The van der Waals surface area contributed by atoms with Crippen LogP contribution in [0.25, 0.3) is 0 Å². The lowest BCUT2D eigenvalue weighted by atomic mass is 10.1. The zero-order valence-electron chi connectivity index (χ0n) is 14.0. The average molecular weight is 324 g/mol. The number of quaternary nitrogens is 1. The van der Waals surface area contributed by atoms with Gasteiger partial charge in [0.15, 0.2) is 6.54 Å². The minimum atomic E-state index is -0.0385. The van der Waals surface area contributed by atoms with Gasteiger partial charge in [-0.2, -0.15) is 5.26 Å². The van der Waals surface area contributed by atoms with E-state index < -0.39 is 0 Å². The fourth-order valence-corrected chi connectivity index (χ4v) is 2.47. The molecule has 0 spiro atoms. The molecule has 0 aliphatic rings. The number of nitriles is 1. The van der Waals surface area contributed by atoms with Crippen LogP contribution in [0.5, 0.6) is 5.75 Å². The van der Waals surface area contributed by atoms with Crippen LogP contribution in [0, 0.1) is 11.3 Å². The van der Waals surface area contributed by atoms with Crippen molar-refractivity contribution in [1.29, 1.82) is 5.26 Å². The highest BCUT2D eigenvalue weighted by atomic mass is 16.5. The third-order valence-electron chi connectivity index (χ3n) is 3.62. The molecule has 1 atom stereocenters. The van der Waals surface area contributed by atoms with E-state index in [2.05, 4.69) is 11.4 Å². The van der Waals surface area contributed by atoms with E-state index in [1.165, 1.54) is 0 Å². The standard InChI is InChI=1S/C19H21N3O2/c1-22(13-16-4-3-5-18(12-16)24-2)14-19(23)21-17-8-6-15(7-9-17)10-11-20/h3-9,12H,10,13-14H2,1-2H3,(H,21,23)/p+1. The minimum absolute atomic E-state index is 0.0385. The number of rotatable bonds is 7. The van der Waals surface area contributed by atoms with Crippen molar-refractivity contribution in [3.8, 4) is 11.8 Å². The summed E-state index contributed by atoms with van der Waals surface area (Å²) in [4.78, 5) is 13.2. The number of benzene rings is 2. The number of nitrogens with one attached hydrogen (secondary N) is 2. The number of likely N-dealkylation sites (N-methyl/N-ethyl adjacent to an activating group) is 1. The predicted octanol–water partition coefficient (Wildman–Crippen LogP) is 1.41. The number of carbonyl (C=O) groups is 1. The van der Waals surface area contributed by atoms with Crippen molar-refractivity contribution in [2.24, 2.45) is 0 Å². The Bertz CT molecular complexity index is 720. The normalized spacial score (nSPS) is 11.4. The number of carbonyl (C=O) groups excluding carboxylic acids is 1. The Morgan fingerprint density at radius 3 is 2.62 bits per heavy atom. The quantitative estimate of drug-likeness (QED) is 0.809. The number of nitrogens with zero attached hydrogens (tertiary/aromatic N) is 1. The number of anilines is 1. The molecule has 5 nitrogen and oxygen atoms in total. The SMILES string of the molecule is COc1cccc(C[NH+](C)CC(=O)Nc2ccc(CC#N)cc2)c1. The summed E-state index contributed by atoms with van der Waals surface area (Å²) < 4.78 is 5.21. The molecule has 5 heteroatoms. The van der Waals surface area contributed by atoms with Crippen LogP contribution in [0.15, 0.2) is 48.5 Å². The molecule has 0 aromatic heterocycles. The second-order valence-corrected chi connectivity index (χ2v) is 5.74. The first kappa shape index (κ1) is 17.5. The molecule has 0 saturated heterocycles. The molecule has 0 bridgehead atoms. The van der Waals surface area contributed by atoms with E-state index in [0.717, 1.165) is 34.0 Å². The van der Waals surface area contributed by atoms with Crippen molar-refractivity contribution in [3.05, 3.63) is 59.7 Å². The van der Waals surface area contributed by atoms with Gasteiger partial charge in [-0.05, 0) is 29.8 Å². The zero-order chi connectivity index (χ0) is 17.4. The summed E-state index contributed by atoms with van der Waals surface area (Å²) in [5, 5.41) is 11.5. The monoisotopic (exact) mass is 324 g/mol. The van der Waals surface area contributed by atoms with E-state index >= 15 is 0 Å². The molecule has 2 aromatic rings. The largest absolute Gasteiger partial charge is 0.497 e. The molecule has 2 aromatic carbocycles. The summed E-state index contributed by atoms with van der Waals surface area (Å²) >= 11 is 0. The van der Waals surface area contributed by atoms with Gasteiger partial charge in [0.2, 0.25) is 0 Å². The molecule has 1 unspecified atom stereocenters. The number of ether oxygens (including phenoxy) is 1. The van der Waals surface area contributed by atoms with E-state index in [0.29, 0.717) is 13.0 Å². The van der Waals surface area contributed by atoms with Crippen LogP contribution in [0.1, 0.15) is 11.1 Å². The van der Waals surface area contributed by atoms with Crippen LogP contribution in [-0.2, 0) is 17.8 Å². The van der Waals surface area contributed by atoms with Gasteiger partial charge in [0, 0.05) is 11.3 Å². The second kappa shape index (κ2) is 8.70. The van der Waals surface area contributed by atoms with Crippen LogP contribution < -0.4 is 15.0 Å². The van der Waals surface area contributed by atoms with Crippen LogP contribution in [0.4, 0.5) is 5.69 Å². The average Bonchev–Trinajstić information content (AvgIpc) is 2.57. The maximum Gasteiger partial charge on any atom is 0.279 e. The number of amides is 1. The number of methoxy groups -OCH3 is 1.